The van der Waals surface area contributed by atoms with E-state index in [1.165, 1.54) is 11.3 Å². The van der Waals surface area contributed by atoms with Crippen LogP contribution in [0.5, 0.6) is 0 Å². The average molecular weight is 399 g/mol. The van der Waals surface area contributed by atoms with Gasteiger partial charge >= 0.3 is 0 Å². The largest absolute Gasteiger partial charge is 0.366 e. The van der Waals surface area contributed by atoms with Crippen molar-refractivity contribution >= 4 is 28.2 Å². The van der Waals surface area contributed by atoms with Crippen molar-refractivity contribution in [3.05, 3.63) is 64.3 Å². The van der Waals surface area contributed by atoms with Crippen LogP contribution in [0.25, 0.3) is 5.69 Å². The van der Waals surface area contributed by atoms with E-state index in [1.807, 2.05) is 55.9 Å². The second-order valence-corrected chi connectivity index (χ2v) is 7.70. The van der Waals surface area contributed by atoms with Gasteiger partial charge in [-0.3, -0.25) is 9.59 Å². The molecule has 0 saturated carbocycles. The Hall–Kier alpha value is -2.97. The Morgan fingerprint density at radius 3 is 2.61 bits per heavy atom. The number of likely N-dealkylation sites (N-methyl/N-ethyl adjacent to an activating group) is 1. The predicted molar refractivity (Wildman–Crippen MR) is 110 cm³/mol. The molecule has 1 atom stereocenters. The minimum absolute atomic E-state index is 0.159. The lowest BCUT2D eigenvalue weighted by atomic mass is 10.2. The van der Waals surface area contributed by atoms with Crippen LogP contribution in [-0.2, 0) is 11.3 Å². The number of thiophene rings is 1. The zero-order valence-corrected chi connectivity index (χ0v) is 17.0. The van der Waals surface area contributed by atoms with Crippen molar-refractivity contribution in [2.75, 3.05) is 18.9 Å². The number of nitrogens with two attached hydrogens (primary N) is 1. The minimum atomic E-state index is -0.545. The monoisotopic (exact) mass is 398 g/mol. The lowest BCUT2D eigenvalue weighted by Gasteiger charge is -2.14. The van der Waals surface area contributed by atoms with Crippen LogP contribution in [0.4, 0.5) is 5.00 Å². The molecule has 0 aliphatic rings. The van der Waals surface area contributed by atoms with Crippen molar-refractivity contribution in [1.82, 2.24) is 9.78 Å². The molecule has 4 N–H and O–H groups in total. The average Bonchev–Trinajstić information content (AvgIpc) is 3.22. The Morgan fingerprint density at radius 2 is 1.93 bits per heavy atom. The highest BCUT2D eigenvalue weighted by Crippen LogP contribution is 2.22. The summed E-state index contributed by atoms with van der Waals surface area (Å²) in [5, 5.41) is 9.67. The van der Waals surface area contributed by atoms with Crippen molar-refractivity contribution in [3.63, 3.8) is 0 Å². The minimum Gasteiger partial charge on any atom is -0.366 e. The van der Waals surface area contributed by atoms with Gasteiger partial charge in [0.1, 0.15) is 11.5 Å². The second kappa shape index (κ2) is 8.37. The fraction of sp³-hybridized carbons (Fsp3) is 0.250. The summed E-state index contributed by atoms with van der Waals surface area (Å²) in [6, 6.07) is 11.6. The molecular formula is C20H24N5O2S+. The smallest absolute Gasteiger partial charge is 0.280 e. The maximum Gasteiger partial charge on any atom is 0.280 e. The number of hydrogen-bond acceptors (Lipinski definition) is 4. The third kappa shape index (κ3) is 4.29. The maximum absolute atomic E-state index is 12.4. The number of primary amides is 1. The third-order valence-electron chi connectivity index (χ3n) is 4.57. The standard InChI is InChI=1S/C20H23N5O2S/c1-13-17(14(2)25(23-13)15-7-5-4-6-8-15)11-24(3)12-18(26)22-20-16(19(21)27)9-10-28-20/h4-10H,11-12H2,1-3H3,(H2,21,27)(H,22,26)/p+1. The molecule has 0 radical (unpaired) electrons. The fourth-order valence-corrected chi connectivity index (χ4v) is 3.97. The lowest BCUT2D eigenvalue weighted by molar-refractivity contribution is -0.885. The Balaban J connectivity index is 1.67. The van der Waals surface area contributed by atoms with Gasteiger partial charge in [0.25, 0.3) is 11.8 Å². The van der Waals surface area contributed by atoms with E-state index < -0.39 is 5.91 Å². The van der Waals surface area contributed by atoms with E-state index in [0.29, 0.717) is 17.1 Å². The highest BCUT2D eigenvalue weighted by Gasteiger charge is 2.19. The molecule has 0 bridgehead atoms. The zero-order chi connectivity index (χ0) is 20.3. The number of anilines is 1. The van der Waals surface area contributed by atoms with Crippen LogP contribution in [0.15, 0.2) is 41.8 Å². The lowest BCUT2D eigenvalue weighted by Crippen LogP contribution is -3.08. The van der Waals surface area contributed by atoms with Crippen LogP contribution in [-0.4, -0.2) is 35.2 Å². The van der Waals surface area contributed by atoms with Gasteiger partial charge < -0.3 is 16.0 Å². The Bertz CT molecular complexity index is 993. The molecule has 0 aliphatic carbocycles. The van der Waals surface area contributed by atoms with Crippen LogP contribution < -0.4 is 16.0 Å². The van der Waals surface area contributed by atoms with Gasteiger partial charge in [0, 0.05) is 0 Å². The molecule has 28 heavy (non-hydrogen) atoms. The van der Waals surface area contributed by atoms with Crippen LogP contribution in [0.2, 0.25) is 0 Å². The summed E-state index contributed by atoms with van der Waals surface area (Å²) in [5.74, 6) is -0.704. The quantitative estimate of drug-likeness (QED) is 0.560. The van der Waals surface area contributed by atoms with Crippen LogP contribution >= 0.6 is 11.3 Å². The van der Waals surface area contributed by atoms with E-state index in [9.17, 15) is 9.59 Å². The summed E-state index contributed by atoms with van der Waals surface area (Å²) in [7, 11) is 1.96. The van der Waals surface area contributed by atoms with E-state index in [2.05, 4.69) is 10.4 Å². The van der Waals surface area contributed by atoms with E-state index in [-0.39, 0.29) is 12.5 Å². The highest BCUT2D eigenvalue weighted by atomic mass is 32.1. The molecule has 3 aromatic rings. The first kappa shape index (κ1) is 19.8. The molecule has 0 aliphatic heterocycles. The molecular weight excluding hydrogens is 374 g/mol. The van der Waals surface area contributed by atoms with Gasteiger partial charge in [-0.25, -0.2) is 4.68 Å². The molecule has 2 aromatic heterocycles. The molecule has 0 saturated heterocycles. The molecule has 0 fully saturated rings. The first-order valence-corrected chi connectivity index (χ1v) is 9.83. The predicted octanol–water partition coefficient (Wildman–Crippen LogP) is 1.30. The maximum atomic E-state index is 12.4. The van der Waals surface area contributed by atoms with Gasteiger partial charge in [-0.05, 0) is 37.4 Å². The normalized spacial score (nSPS) is 12.0. The van der Waals surface area contributed by atoms with Crippen molar-refractivity contribution in [3.8, 4) is 5.69 Å². The highest BCUT2D eigenvalue weighted by molar-refractivity contribution is 7.14. The molecule has 0 spiro atoms. The summed E-state index contributed by atoms with van der Waals surface area (Å²) in [4.78, 5) is 24.8. The summed E-state index contributed by atoms with van der Waals surface area (Å²) in [6.07, 6.45) is 0. The number of amides is 2. The van der Waals surface area contributed by atoms with Gasteiger partial charge in [-0.15, -0.1) is 11.3 Å². The number of para-hydroxylation sites is 1. The van der Waals surface area contributed by atoms with Gasteiger partial charge in [-0.2, -0.15) is 5.10 Å². The Morgan fingerprint density at radius 1 is 1.21 bits per heavy atom. The van der Waals surface area contributed by atoms with Gasteiger partial charge in [0.05, 0.1) is 35.2 Å². The summed E-state index contributed by atoms with van der Waals surface area (Å²) >= 11 is 1.29. The van der Waals surface area contributed by atoms with E-state index in [0.717, 1.165) is 27.5 Å². The van der Waals surface area contributed by atoms with Crippen molar-refractivity contribution in [2.45, 2.75) is 20.4 Å². The number of hydrogen-bond donors (Lipinski definition) is 3. The Kier molecular flexibility index (Phi) is 5.91. The number of nitrogens with zero attached hydrogens (tertiary/aromatic N) is 2. The topological polar surface area (TPSA) is 94.4 Å². The fourth-order valence-electron chi connectivity index (χ4n) is 3.16. The molecule has 7 nitrogen and oxygen atoms in total. The number of nitrogens with one attached hydrogen (secondary N) is 2. The third-order valence-corrected chi connectivity index (χ3v) is 5.40. The molecule has 3 rings (SSSR count). The number of quaternary nitrogens is 1. The molecule has 1 aromatic carbocycles. The Labute approximate surface area is 167 Å². The number of benzene rings is 1. The number of carbonyl (C=O) groups excluding carboxylic acids is 2. The van der Waals surface area contributed by atoms with E-state index in [4.69, 9.17) is 5.73 Å². The molecule has 146 valence electrons. The van der Waals surface area contributed by atoms with Crippen LogP contribution in [0.1, 0.15) is 27.3 Å². The van der Waals surface area contributed by atoms with Crippen LogP contribution in [0, 0.1) is 13.8 Å². The zero-order valence-electron chi connectivity index (χ0n) is 16.2. The number of aryl methyl sites for hydroxylation is 1. The van der Waals surface area contributed by atoms with E-state index >= 15 is 0 Å². The van der Waals surface area contributed by atoms with Crippen molar-refractivity contribution in [1.29, 1.82) is 0 Å². The number of rotatable bonds is 7. The first-order valence-electron chi connectivity index (χ1n) is 8.95. The molecule has 8 heteroatoms. The summed E-state index contributed by atoms with van der Waals surface area (Å²) in [5.41, 5.74) is 9.83. The number of carbonyl (C=O) groups is 2. The van der Waals surface area contributed by atoms with Gasteiger partial charge in [0.2, 0.25) is 0 Å². The van der Waals surface area contributed by atoms with Gasteiger partial charge in [0.15, 0.2) is 6.54 Å². The number of aromatic nitrogens is 2. The molecule has 2 amide bonds. The van der Waals surface area contributed by atoms with Gasteiger partial charge in [-0.1, -0.05) is 18.2 Å². The van der Waals surface area contributed by atoms with Crippen molar-refractivity contribution in [2.24, 2.45) is 5.73 Å². The summed E-state index contributed by atoms with van der Waals surface area (Å²) < 4.78 is 1.93. The van der Waals surface area contributed by atoms with Crippen LogP contribution in [0.3, 0.4) is 0 Å². The molecule has 2 heterocycles. The summed E-state index contributed by atoms with van der Waals surface area (Å²) in [6.45, 7) is 4.97. The SMILES string of the molecule is Cc1nn(-c2ccccc2)c(C)c1C[NH+](C)CC(=O)Nc1sccc1C(N)=O. The second-order valence-electron chi connectivity index (χ2n) is 6.78. The van der Waals surface area contributed by atoms with Crippen molar-refractivity contribution < 1.29 is 14.5 Å². The first-order chi connectivity index (χ1) is 13.4. The molecule has 1 unspecified atom stereocenters. The van der Waals surface area contributed by atoms with E-state index in [1.54, 1.807) is 11.4 Å².